The lowest BCUT2D eigenvalue weighted by atomic mass is 9.96. The van der Waals surface area contributed by atoms with Crippen molar-refractivity contribution >= 4 is 11.9 Å². The number of benzene rings is 1. The summed E-state index contributed by atoms with van der Waals surface area (Å²) in [6, 6.07) is 6.27. The van der Waals surface area contributed by atoms with Gasteiger partial charge in [-0.3, -0.25) is 9.48 Å². The maximum atomic E-state index is 12.8. The van der Waals surface area contributed by atoms with Crippen LogP contribution in [0.2, 0.25) is 0 Å². The van der Waals surface area contributed by atoms with Gasteiger partial charge in [0.2, 0.25) is 5.91 Å². The van der Waals surface area contributed by atoms with Gasteiger partial charge in [0.15, 0.2) is 6.04 Å². The molecule has 1 amide bonds. The van der Waals surface area contributed by atoms with Crippen molar-refractivity contribution in [1.29, 1.82) is 0 Å². The molecule has 0 fully saturated rings. The molecule has 0 saturated heterocycles. The number of rotatable bonds is 5. The minimum atomic E-state index is -0.849. The first-order valence-corrected chi connectivity index (χ1v) is 8.23. The number of nitrogens with zero attached hydrogens (tertiary/aromatic N) is 2. The van der Waals surface area contributed by atoms with Gasteiger partial charge < -0.3 is 10.1 Å². The molecule has 2 rings (SSSR count). The van der Waals surface area contributed by atoms with Crippen LogP contribution < -0.4 is 5.32 Å². The van der Waals surface area contributed by atoms with Gasteiger partial charge in [0.25, 0.3) is 0 Å². The Morgan fingerprint density at radius 3 is 2.24 bits per heavy atom. The van der Waals surface area contributed by atoms with E-state index in [-0.39, 0.29) is 5.91 Å². The average molecular weight is 343 g/mol. The molecule has 6 nitrogen and oxygen atoms in total. The molecule has 1 N–H and O–H groups in total. The van der Waals surface area contributed by atoms with Gasteiger partial charge in [-0.15, -0.1) is 0 Å². The lowest BCUT2D eigenvalue weighted by Gasteiger charge is -2.23. The van der Waals surface area contributed by atoms with Crippen molar-refractivity contribution in [2.24, 2.45) is 0 Å². The van der Waals surface area contributed by atoms with Crippen LogP contribution in [-0.2, 0) is 14.3 Å². The summed E-state index contributed by atoms with van der Waals surface area (Å²) < 4.78 is 6.57. The van der Waals surface area contributed by atoms with Gasteiger partial charge in [-0.25, -0.2) is 4.79 Å². The quantitative estimate of drug-likeness (QED) is 0.847. The van der Waals surface area contributed by atoms with Crippen molar-refractivity contribution in [3.63, 3.8) is 0 Å². The van der Waals surface area contributed by atoms with E-state index >= 15 is 0 Å². The third-order valence-corrected chi connectivity index (χ3v) is 4.35. The zero-order valence-electron chi connectivity index (χ0n) is 15.6. The molecule has 2 aromatic rings. The van der Waals surface area contributed by atoms with E-state index < -0.39 is 18.1 Å². The highest BCUT2D eigenvalue weighted by Crippen LogP contribution is 2.24. The second-order valence-corrected chi connectivity index (χ2v) is 6.32. The number of hydrogen-bond donors (Lipinski definition) is 1. The van der Waals surface area contributed by atoms with Crippen LogP contribution in [0.3, 0.4) is 0 Å². The molecule has 0 aliphatic heterocycles. The molecule has 0 radical (unpaired) electrons. The largest absolute Gasteiger partial charge is 0.467 e. The van der Waals surface area contributed by atoms with Crippen LogP contribution in [0.25, 0.3) is 0 Å². The first-order valence-electron chi connectivity index (χ1n) is 8.23. The van der Waals surface area contributed by atoms with Crippen molar-refractivity contribution in [2.45, 2.75) is 46.7 Å². The van der Waals surface area contributed by atoms with Crippen molar-refractivity contribution in [2.75, 3.05) is 7.11 Å². The number of aryl methyl sites for hydroxylation is 4. The number of carbonyl (C=O) groups is 2. The molecule has 2 atom stereocenters. The summed E-state index contributed by atoms with van der Waals surface area (Å²) in [4.78, 5) is 25.1. The van der Waals surface area contributed by atoms with E-state index in [1.54, 1.807) is 11.6 Å². The number of nitrogens with one attached hydrogen (secondary N) is 1. The monoisotopic (exact) mass is 343 g/mol. The molecule has 134 valence electrons. The van der Waals surface area contributed by atoms with E-state index in [1.165, 1.54) is 7.11 Å². The standard InChI is InChI=1S/C19H25N3O3/c1-11-8-7-9-12(2)16(11)17(19(24)25-6)20-18(23)15(5)22-14(4)10-13(3)21-22/h7-10,15,17H,1-6H3,(H,20,23). The Morgan fingerprint density at radius 2 is 1.76 bits per heavy atom. The summed E-state index contributed by atoms with van der Waals surface area (Å²) in [5.41, 5.74) is 4.35. The lowest BCUT2D eigenvalue weighted by Crippen LogP contribution is -2.39. The highest BCUT2D eigenvalue weighted by atomic mass is 16.5. The van der Waals surface area contributed by atoms with Gasteiger partial charge in [-0.1, -0.05) is 18.2 Å². The highest BCUT2D eigenvalue weighted by Gasteiger charge is 2.29. The zero-order valence-corrected chi connectivity index (χ0v) is 15.6. The van der Waals surface area contributed by atoms with E-state index in [1.807, 2.05) is 52.0 Å². The van der Waals surface area contributed by atoms with Gasteiger partial charge in [-0.2, -0.15) is 5.10 Å². The van der Waals surface area contributed by atoms with Crippen molar-refractivity contribution < 1.29 is 14.3 Å². The van der Waals surface area contributed by atoms with E-state index in [4.69, 9.17) is 4.74 Å². The zero-order chi connectivity index (χ0) is 18.7. The first-order chi connectivity index (χ1) is 11.8. The fraction of sp³-hybridized carbons (Fsp3) is 0.421. The molecule has 6 heteroatoms. The van der Waals surface area contributed by atoms with Gasteiger partial charge in [0, 0.05) is 5.69 Å². The molecule has 0 aliphatic rings. The molecular formula is C19H25N3O3. The molecule has 1 aromatic heterocycles. The summed E-state index contributed by atoms with van der Waals surface area (Å²) in [5, 5.41) is 7.18. The number of methoxy groups -OCH3 is 1. The Bertz CT molecular complexity index is 775. The average Bonchev–Trinajstić information content (AvgIpc) is 2.90. The molecule has 0 bridgehead atoms. The summed E-state index contributed by atoms with van der Waals surface area (Å²) in [5.74, 6) is -0.782. The lowest BCUT2D eigenvalue weighted by molar-refractivity contribution is -0.145. The van der Waals surface area contributed by atoms with Crippen LogP contribution in [-0.4, -0.2) is 28.8 Å². The predicted molar refractivity (Wildman–Crippen MR) is 95.2 cm³/mol. The van der Waals surface area contributed by atoms with Crippen LogP contribution in [0.1, 0.15) is 47.1 Å². The van der Waals surface area contributed by atoms with Crippen molar-refractivity contribution in [3.05, 3.63) is 52.3 Å². The fourth-order valence-electron chi connectivity index (χ4n) is 3.06. The number of esters is 1. The van der Waals surface area contributed by atoms with Gasteiger partial charge in [0.1, 0.15) is 6.04 Å². The summed E-state index contributed by atoms with van der Waals surface area (Å²) >= 11 is 0. The number of ether oxygens (including phenoxy) is 1. The summed E-state index contributed by atoms with van der Waals surface area (Å²) in [6.07, 6.45) is 0. The molecule has 25 heavy (non-hydrogen) atoms. The Kier molecular flexibility index (Phi) is 5.62. The molecular weight excluding hydrogens is 318 g/mol. The van der Waals surface area contributed by atoms with E-state index in [9.17, 15) is 9.59 Å². The molecule has 0 aliphatic carbocycles. The molecule has 1 heterocycles. The SMILES string of the molecule is COC(=O)C(NC(=O)C(C)n1nc(C)cc1C)c1c(C)cccc1C. The Hall–Kier alpha value is -2.63. The van der Waals surface area contributed by atoms with E-state index in [0.29, 0.717) is 0 Å². The highest BCUT2D eigenvalue weighted by molar-refractivity contribution is 5.87. The second-order valence-electron chi connectivity index (χ2n) is 6.32. The van der Waals surface area contributed by atoms with Crippen LogP contribution in [0.5, 0.6) is 0 Å². The Balaban J connectivity index is 2.33. The Labute approximate surface area is 148 Å². The minimum Gasteiger partial charge on any atom is -0.467 e. The molecule has 0 saturated carbocycles. The van der Waals surface area contributed by atoms with Crippen molar-refractivity contribution in [1.82, 2.24) is 15.1 Å². The fourth-order valence-corrected chi connectivity index (χ4v) is 3.06. The number of carbonyl (C=O) groups excluding carboxylic acids is 2. The maximum absolute atomic E-state index is 12.8. The smallest absolute Gasteiger partial charge is 0.333 e. The number of amides is 1. The van der Waals surface area contributed by atoms with Gasteiger partial charge in [-0.05, 0) is 57.4 Å². The summed E-state index contributed by atoms with van der Waals surface area (Å²) in [6.45, 7) is 9.35. The second kappa shape index (κ2) is 7.51. The van der Waals surface area contributed by atoms with E-state index in [0.717, 1.165) is 28.1 Å². The van der Waals surface area contributed by atoms with Crippen molar-refractivity contribution in [3.8, 4) is 0 Å². The topological polar surface area (TPSA) is 73.2 Å². The van der Waals surface area contributed by atoms with Crippen LogP contribution in [0.4, 0.5) is 0 Å². The van der Waals surface area contributed by atoms with Gasteiger partial charge >= 0.3 is 5.97 Å². The maximum Gasteiger partial charge on any atom is 0.333 e. The molecule has 2 unspecified atom stereocenters. The number of aromatic nitrogens is 2. The molecule has 0 spiro atoms. The third kappa shape index (κ3) is 3.90. The minimum absolute atomic E-state index is 0.288. The van der Waals surface area contributed by atoms with Gasteiger partial charge in [0.05, 0.1) is 12.8 Å². The number of hydrogen-bond acceptors (Lipinski definition) is 4. The van der Waals surface area contributed by atoms with Crippen LogP contribution >= 0.6 is 0 Å². The Morgan fingerprint density at radius 1 is 1.16 bits per heavy atom. The predicted octanol–water partition coefficient (Wildman–Crippen LogP) is 2.71. The third-order valence-electron chi connectivity index (χ3n) is 4.35. The van der Waals surface area contributed by atoms with Crippen LogP contribution in [0.15, 0.2) is 24.3 Å². The normalized spacial score (nSPS) is 13.2. The van der Waals surface area contributed by atoms with E-state index in [2.05, 4.69) is 10.4 Å². The molecule has 1 aromatic carbocycles. The van der Waals surface area contributed by atoms with Crippen LogP contribution in [0, 0.1) is 27.7 Å². The summed E-state index contributed by atoms with van der Waals surface area (Å²) in [7, 11) is 1.32. The first kappa shape index (κ1) is 18.7.